The van der Waals surface area contributed by atoms with E-state index in [1.807, 2.05) is 11.8 Å². The van der Waals surface area contributed by atoms with Crippen molar-refractivity contribution in [2.75, 3.05) is 19.3 Å². The van der Waals surface area contributed by atoms with Gasteiger partial charge in [0, 0.05) is 23.9 Å². The van der Waals surface area contributed by atoms with Crippen LogP contribution in [0.25, 0.3) is 0 Å². The molecule has 2 rings (SSSR count). The van der Waals surface area contributed by atoms with Crippen molar-refractivity contribution < 1.29 is 0 Å². The van der Waals surface area contributed by atoms with Gasteiger partial charge in [0.2, 0.25) is 0 Å². The maximum Gasteiger partial charge on any atom is 0.0455 e. The first-order valence-corrected chi connectivity index (χ1v) is 7.31. The van der Waals surface area contributed by atoms with E-state index in [1.165, 1.54) is 17.7 Å². The predicted molar refractivity (Wildman–Crippen MR) is 76.2 cm³/mol. The van der Waals surface area contributed by atoms with Crippen LogP contribution in [0, 0.1) is 0 Å². The van der Waals surface area contributed by atoms with Crippen LogP contribution >= 0.6 is 11.8 Å². The number of likely N-dealkylation sites (N-methyl/N-ethyl adjacent to an activating group) is 1. The molecule has 1 aliphatic heterocycles. The molecule has 1 aromatic carbocycles. The highest BCUT2D eigenvalue weighted by atomic mass is 32.2. The highest BCUT2D eigenvalue weighted by Gasteiger charge is 2.42. The van der Waals surface area contributed by atoms with Gasteiger partial charge in [0.15, 0.2) is 0 Å². The van der Waals surface area contributed by atoms with Crippen molar-refractivity contribution in [3.8, 4) is 0 Å². The number of hydrogen-bond donors (Lipinski definition) is 1. The lowest BCUT2D eigenvalue weighted by molar-refractivity contribution is 0.122. The Balaban J connectivity index is 2.10. The molecule has 2 nitrogen and oxygen atoms in total. The number of hydrogen-bond acceptors (Lipinski definition) is 3. The second-order valence-electron chi connectivity index (χ2n) is 4.91. The Bertz CT molecular complexity index is 354. The Morgan fingerprint density at radius 2 is 2.12 bits per heavy atom. The minimum absolute atomic E-state index is 0.181. The summed E-state index contributed by atoms with van der Waals surface area (Å²) in [6, 6.07) is 10.6. The van der Waals surface area contributed by atoms with Crippen molar-refractivity contribution in [3.63, 3.8) is 0 Å². The van der Waals surface area contributed by atoms with Crippen molar-refractivity contribution in [1.82, 2.24) is 4.90 Å². The van der Waals surface area contributed by atoms with Gasteiger partial charge in [-0.25, -0.2) is 0 Å². The summed E-state index contributed by atoms with van der Waals surface area (Å²) in [5.74, 6) is 1.23. The summed E-state index contributed by atoms with van der Waals surface area (Å²) in [5, 5.41) is 0.626. The van der Waals surface area contributed by atoms with Crippen molar-refractivity contribution in [2.24, 2.45) is 5.73 Å². The molecule has 0 aromatic heterocycles. The molecule has 3 heteroatoms. The molecule has 17 heavy (non-hydrogen) atoms. The Morgan fingerprint density at radius 3 is 2.65 bits per heavy atom. The molecule has 0 amide bonds. The van der Waals surface area contributed by atoms with E-state index in [-0.39, 0.29) is 5.54 Å². The summed E-state index contributed by atoms with van der Waals surface area (Å²) in [4.78, 5) is 2.45. The standard InChI is InChI=1S/C14H22N2S/c1-12-14(11-15,8-9-17-12)16(2)10-13-6-4-3-5-7-13/h3-7,12H,8-11,15H2,1-2H3. The predicted octanol–water partition coefficient (Wildman–Crippen LogP) is 2.34. The van der Waals surface area contributed by atoms with Crippen LogP contribution in [0.4, 0.5) is 0 Å². The number of thioether (sulfide) groups is 1. The largest absolute Gasteiger partial charge is 0.329 e. The van der Waals surface area contributed by atoms with Gasteiger partial charge in [0.05, 0.1) is 0 Å². The van der Waals surface area contributed by atoms with Gasteiger partial charge in [-0.15, -0.1) is 0 Å². The van der Waals surface area contributed by atoms with E-state index in [9.17, 15) is 0 Å². The first-order chi connectivity index (χ1) is 8.19. The maximum absolute atomic E-state index is 6.06. The molecule has 2 unspecified atom stereocenters. The van der Waals surface area contributed by atoms with Crippen LogP contribution in [0.2, 0.25) is 0 Å². The smallest absolute Gasteiger partial charge is 0.0455 e. The minimum atomic E-state index is 0.181. The fourth-order valence-electron chi connectivity index (χ4n) is 2.71. The van der Waals surface area contributed by atoms with Gasteiger partial charge in [-0.3, -0.25) is 4.90 Å². The maximum atomic E-state index is 6.06. The van der Waals surface area contributed by atoms with E-state index in [2.05, 4.69) is 49.2 Å². The van der Waals surface area contributed by atoms with E-state index < -0.39 is 0 Å². The number of benzene rings is 1. The van der Waals surface area contributed by atoms with Crippen LogP contribution in [0.5, 0.6) is 0 Å². The SMILES string of the molecule is CC1SCCC1(CN)N(C)Cc1ccccc1. The number of nitrogens with two attached hydrogens (primary N) is 1. The molecule has 0 spiro atoms. The van der Waals surface area contributed by atoms with Crippen LogP contribution in [-0.2, 0) is 6.54 Å². The molecule has 2 N–H and O–H groups in total. The molecule has 0 radical (unpaired) electrons. The summed E-state index contributed by atoms with van der Waals surface area (Å²) in [6.07, 6.45) is 1.21. The van der Waals surface area contributed by atoms with Gasteiger partial charge in [0.1, 0.15) is 0 Å². The zero-order valence-corrected chi connectivity index (χ0v) is 11.5. The first-order valence-electron chi connectivity index (χ1n) is 6.26. The highest BCUT2D eigenvalue weighted by molar-refractivity contribution is 8.00. The second kappa shape index (κ2) is 5.42. The van der Waals surface area contributed by atoms with E-state index >= 15 is 0 Å². The molecular formula is C14H22N2S. The Morgan fingerprint density at radius 1 is 1.41 bits per heavy atom. The van der Waals surface area contributed by atoms with Gasteiger partial charge < -0.3 is 5.73 Å². The zero-order valence-electron chi connectivity index (χ0n) is 10.7. The molecule has 0 aliphatic carbocycles. The normalized spacial score (nSPS) is 28.8. The molecular weight excluding hydrogens is 228 g/mol. The van der Waals surface area contributed by atoms with Gasteiger partial charge >= 0.3 is 0 Å². The first kappa shape index (κ1) is 12.9. The molecule has 1 aromatic rings. The fourth-order valence-corrected chi connectivity index (χ4v) is 4.24. The van der Waals surface area contributed by atoms with Gasteiger partial charge in [-0.05, 0) is 24.8 Å². The number of nitrogens with zero attached hydrogens (tertiary/aromatic N) is 1. The lowest BCUT2D eigenvalue weighted by Gasteiger charge is -2.41. The summed E-state index contributed by atoms with van der Waals surface area (Å²) in [6.45, 7) is 4.06. The Labute approximate surface area is 109 Å². The molecule has 94 valence electrons. The van der Waals surface area contributed by atoms with Crippen LogP contribution in [0.3, 0.4) is 0 Å². The van der Waals surface area contributed by atoms with Crippen molar-refractivity contribution in [1.29, 1.82) is 0 Å². The second-order valence-corrected chi connectivity index (χ2v) is 6.36. The number of rotatable bonds is 4. The van der Waals surface area contributed by atoms with Gasteiger partial charge in [-0.2, -0.15) is 11.8 Å². The van der Waals surface area contributed by atoms with Crippen molar-refractivity contribution >= 4 is 11.8 Å². The highest BCUT2D eigenvalue weighted by Crippen LogP contribution is 2.39. The Kier molecular flexibility index (Phi) is 4.13. The molecule has 2 atom stereocenters. The molecule has 1 heterocycles. The molecule has 1 saturated heterocycles. The quantitative estimate of drug-likeness (QED) is 0.889. The molecule has 1 fully saturated rings. The van der Waals surface area contributed by atoms with Crippen LogP contribution in [-0.4, -0.2) is 35.0 Å². The van der Waals surface area contributed by atoms with Crippen molar-refractivity contribution in [2.45, 2.75) is 30.7 Å². The fraction of sp³-hybridized carbons (Fsp3) is 0.571. The molecule has 0 bridgehead atoms. The van der Waals surface area contributed by atoms with Crippen LogP contribution in [0.15, 0.2) is 30.3 Å². The lowest BCUT2D eigenvalue weighted by Crippen LogP contribution is -2.55. The zero-order chi connectivity index (χ0) is 12.3. The third-order valence-electron chi connectivity index (χ3n) is 4.04. The van der Waals surface area contributed by atoms with E-state index in [0.29, 0.717) is 5.25 Å². The van der Waals surface area contributed by atoms with E-state index in [0.717, 1.165) is 13.1 Å². The van der Waals surface area contributed by atoms with Crippen molar-refractivity contribution in [3.05, 3.63) is 35.9 Å². The van der Waals surface area contributed by atoms with Crippen LogP contribution < -0.4 is 5.73 Å². The topological polar surface area (TPSA) is 29.3 Å². The monoisotopic (exact) mass is 250 g/mol. The summed E-state index contributed by atoms with van der Waals surface area (Å²) in [5.41, 5.74) is 7.61. The molecule has 1 aliphatic rings. The molecule has 0 saturated carbocycles. The summed E-state index contributed by atoms with van der Waals surface area (Å²) < 4.78 is 0. The van der Waals surface area contributed by atoms with E-state index in [1.54, 1.807) is 0 Å². The Hall–Kier alpha value is -0.510. The van der Waals surface area contributed by atoms with Gasteiger partial charge in [0.25, 0.3) is 0 Å². The average molecular weight is 250 g/mol. The van der Waals surface area contributed by atoms with Gasteiger partial charge in [-0.1, -0.05) is 37.3 Å². The summed E-state index contributed by atoms with van der Waals surface area (Å²) >= 11 is 2.05. The minimum Gasteiger partial charge on any atom is -0.329 e. The third-order valence-corrected chi connectivity index (χ3v) is 5.41. The average Bonchev–Trinajstić information content (AvgIpc) is 2.73. The van der Waals surface area contributed by atoms with E-state index in [4.69, 9.17) is 5.73 Å². The lowest BCUT2D eigenvalue weighted by atomic mass is 9.90. The summed E-state index contributed by atoms with van der Waals surface area (Å²) in [7, 11) is 2.21. The third kappa shape index (κ3) is 2.51. The van der Waals surface area contributed by atoms with Crippen LogP contribution in [0.1, 0.15) is 18.9 Å².